The van der Waals surface area contributed by atoms with E-state index < -0.39 is 16.8 Å². The van der Waals surface area contributed by atoms with Crippen molar-refractivity contribution in [1.29, 1.82) is 0 Å². The molecule has 0 spiro atoms. The molecule has 20 heavy (non-hydrogen) atoms. The van der Waals surface area contributed by atoms with Crippen molar-refractivity contribution in [3.8, 4) is 0 Å². The third kappa shape index (κ3) is 1.67. The smallest absolute Gasteiger partial charge is 0.312 e. The van der Waals surface area contributed by atoms with Gasteiger partial charge in [0.1, 0.15) is 5.92 Å². The van der Waals surface area contributed by atoms with Gasteiger partial charge in [-0.15, -0.1) is 0 Å². The van der Waals surface area contributed by atoms with Gasteiger partial charge in [0.25, 0.3) is 5.69 Å². The number of fused-ring (bicyclic) bond motifs is 3. The van der Waals surface area contributed by atoms with Crippen LogP contribution in [0.1, 0.15) is 24.1 Å². The van der Waals surface area contributed by atoms with Gasteiger partial charge in [0, 0.05) is 28.6 Å². The Balaban J connectivity index is 2.33. The maximum absolute atomic E-state index is 11.4. The lowest BCUT2D eigenvalue weighted by molar-refractivity contribution is -0.384. The van der Waals surface area contributed by atoms with Crippen LogP contribution in [0.25, 0.3) is 10.9 Å². The van der Waals surface area contributed by atoms with E-state index in [1.165, 1.54) is 12.1 Å². The molecule has 0 aliphatic carbocycles. The summed E-state index contributed by atoms with van der Waals surface area (Å²) >= 11 is 0. The average Bonchev–Trinajstić information content (AvgIpc) is 2.78. The fraction of sp³-hybridized carbons (Fsp3) is 0.231. The largest absolute Gasteiger partial charge is 0.481 e. The molecule has 102 valence electrons. The van der Waals surface area contributed by atoms with Crippen LogP contribution in [0.15, 0.2) is 23.2 Å². The number of aliphatic carboxylic acids is 1. The molecule has 0 amide bonds. The lowest BCUT2D eigenvalue weighted by atomic mass is 9.92. The van der Waals surface area contributed by atoms with Gasteiger partial charge in [-0.2, -0.15) is 0 Å². The monoisotopic (exact) mass is 273 g/mol. The van der Waals surface area contributed by atoms with E-state index in [9.17, 15) is 20.0 Å². The number of non-ortho nitro benzene ring substituents is 1. The van der Waals surface area contributed by atoms with Gasteiger partial charge in [0.05, 0.1) is 22.9 Å². The van der Waals surface area contributed by atoms with Crippen molar-refractivity contribution in [3.05, 3.63) is 39.6 Å². The summed E-state index contributed by atoms with van der Waals surface area (Å²) in [4.78, 5) is 29.0. The van der Waals surface area contributed by atoms with Gasteiger partial charge in [0.15, 0.2) is 0 Å². The summed E-state index contributed by atoms with van der Waals surface area (Å²) in [6, 6.07) is 4.41. The summed E-state index contributed by atoms with van der Waals surface area (Å²) in [6.07, 6.45) is 0. The first-order valence-corrected chi connectivity index (χ1v) is 6.03. The van der Waals surface area contributed by atoms with Gasteiger partial charge in [-0.25, -0.2) is 0 Å². The maximum atomic E-state index is 11.4. The van der Waals surface area contributed by atoms with Crippen LogP contribution in [-0.4, -0.2) is 33.2 Å². The van der Waals surface area contributed by atoms with Gasteiger partial charge in [-0.3, -0.25) is 19.9 Å². The fourth-order valence-corrected chi connectivity index (χ4v) is 2.56. The van der Waals surface area contributed by atoms with E-state index in [2.05, 4.69) is 9.98 Å². The summed E-state index contributed by atoms with van der Waals surface area (Å²) in [5.41, 5.74) is 2.59. The van der Waals surface area contributed by atoms with Crippen LogP contribution in [0.2, 0.25) is 0 Å². The SMILES string of the molecule is CC1=NCC(C(=O)O)c2c1[nH]c1ccc([N+](=O)[O-])cc21. The minimum atomic E-state index is -0.977. The Bertz CT molecular complexity index is 775. The fourth-order valence-electron chi connectivity index (χ4n) is 2.56. The number of aliphatic imine (C=N–C) groups is 1. The Labute approximate surface area is 113 Å². The highest BCUT2D eigenvalue weighted by atomic mass is 16.6. The van der Waals surface area contributed by atoms with Crippen LogP contribution in [-0.2, 0) is 4.79 Å². The van der Waals surface area contributed by atoms with E-state index in [1.807, 2.05) is 0 Å². The summed E-state index contributed by atoms with van der Waals surface area (Å²) in [5, 5.41) is 20.8. The first-order valence-electron chi connectivity index (χ1n) is 6.03. The first kappa shape index (κ1) is 12.3. The molecule has 1 unspecified atom stereocenters. The molecule has 0 saturated heterocycles. The predicted octanol–water partition coefficient (Wildman–Crippen LogP) is 2.07. The average molecular weight is 273 g/mol. The van der Waals surface area contributed by atoms with Crippen LogP contribution >= 0.6 is 0 Å². The van der Waals surface area contributed by atoms with Crippen molar-refractivity contribution in [2.45, 2.75) is 12.8 Å². The predicted molar refractivity (Wildman–Crippen MR) is 72.4 cm³/mol. The second-order valence-corrected chi connectivity index (χ2v) is 4.72. The molecule has 2 N–H and O–H groups in total. The Hall–Kier alpha value is -2.70. The molecule has 2 heterocycles. The van der Waals surface area contributed by atoms with E-state index in [-0.39, 0.29) is 12.2 Å². The summed E-state index contributed by atoms with van der Waals surface area (Å²) in [6.45, 7) is 1.95. The number of aromatic amines is 1. The molecule has 1 aliphatic heterocycles. The second kappa shape index (κ2) is 4.16. The number of H-pyrrole nitrogens is 1. The molecule has 7 heteroatoms. The third-order valence-electron chi connectivity index (χ3n) is 3.55. The van der Waals surface area contributed by atoms with Gasteiger partial charge in [-0.05, 0) is 13.0 Å². The first-order chi connectivity index (χ1) is 9.49. The molecular weight excluding hydrogens is 262 g/mol. The van der Waals surface area contributed by atoms with Crippen LogP contribution in [0.5, 0.6) is 0 Å². The van der Waals surface area contributed by atoms with E-state index in [0.29, 0.717) is 22.2 Å². The number of nitro groups is 1. The van der Waals surface area contributed by atoms with Gasteiger partial charge >= 0.3 is 5.97 Å². The lowest BCUT2D eigenvalue weighted by Crippen LogP contribution is -2.21. The topological polar surface area (TPSA) is 109 Å². The zero-order valence-corrected chi connectivity index (χ0v) is 10.6. The molecule has 0 bridgehead atoms. The number of carbonyl (C=O) groups is 1. The minimum absolute atomic E-state index is 0.0522. The van der Waals surface area contributed by atoms with Crippen molar-refractivity contribution in [2.24, 2.45) is 4.99 Å². The third-order valence-corrected chi connectivity index (χ3v) is 3.55. The zero-order chi connectivity index (χ0) is 14.4. The number of benzene rings is 1. The van der Waals surface area contributed by atoms with Crippen LogP contribution < -0.4 is 0 Å². The Morgan fingerprint density at radius 1 is 1.55 bits per heavy atom. The van der Waals surface area contributed by atoms with Crippen molar-refractivity contribution < 1.29 is 14.8 Å². The highest BCUT2D eigenvalue weighted by Gasteiger charge is 2.31. The number of nitrogens with zero attached hydrogens (tertiary/aromatic N) is 2. The van der Waals surface area contributed by atoms with Gasteiger partial charge in [-0.1, -0.05) is 0 Å². The summed E-state index contributed by atoms with van der Waals surface area (Å²) < 4.78 is 0. The maximum Gasteiger partial charge on any atom is 0.312 e. The number of rotatable bonds is 2. The van der Waals surface area contributed by atoms with E-state index >= 15 is 0 Å². The highest BCUT2D eigenvalue weighted by molar-refractivity contribution is 6.07. The number of nitro benzene ring substituents is 1. The Kier molecular flexibility index (Phi) is 2.56. The van der Waals surface area contributed by atoms with Crippen molar-refractivity contribution in [1.82, 2.24) is 4.98 Å². The molecule has 2 aromatic rings. The Morgan fingerprint density at radius 3 is 2.95 bits per heavy atom. The minimum Gasteiger partial charge on any atom is -0.481 e. The van der Waals surface area contributed by atoms with Crippen LogP contribution in [0.4, 0.5) is 5.69 Å². The molecule has 0 saturated carbocycles. The van der Waals surface area contributed by atoms with Crippen molar-refractivity contribution in [2.75, 3.05) is 6.54 Å². The molecule has 1 aliphatic rings. The van der Waals surface area contributed by atoms with Crippen LogP contribution in [0.3, 0.4) is 0 Å². The highest BCUT2D eigenvalue weighted by Crippen LogP contribution is 2.35. The Morgan fingerprint density at radius 2 is 2.30 bits per heavy atom. The second-order valence-electron chi connectivity index (χ2n) is 4.72. The van der Waals surface area contributed by atoms with E-state index in [0.717, 1.165) is 5.71 Å². The molecule has 1 aromatic heterocycles. The number of carboxylic acids is 1. The van der Waals surface area contributed by atoms with Gasteiger partial charge < -0.3 is 10.1 Å². The molecular formula is C13H11N3O4. The number of aromatic nitrogens is 1. The standard InChI is InChI=1S/C13H11N3O4/c1-6-12-11(9(5-14-6)13(17)18)8-4-7(16(19)20)2-3-10(8)15-12/h2-4,9,15H,5H2,1H3,(H,17,18). The van der Waals surface area contributed by atoms with E-state index in [4.69, 9.17) is 0 Å². The molecule has 3 rings (SSSR count). The van der Waals surface area contributed by atoms with Crippen LogP contribution in [0, 0.1) is 10.1 Å². The van der Waals surface area contributed by atoms with Crippen molar-refractivity contribution >= 4 is 28.3 Å². The lowest BCUT2D eigenvalue weighted by Gasteiger charge is -2.17. The summed E-state index contributed by atoms with van der Waals surface area (Å²) in [7, 11) is 0. The van der Waals surface area contributed by atoms with E-state index in [1.54, 1.807) is 13.0 Å². The molecule has 1 aromatic carbocycles. The molecule has 7 nitrogen and oxygen atoms in total. The van der Waals surface area contributed by atoms with Gasteiger partial charge in [0.2, 0.25) is 0 Å². The zero-order valence-electron chi connectivity index (χ0n) is 10.6. The number of carboxylic acid groups (broad SMARTS) is 1. The molecule has 0 radical (unpaired) electrons. The number of nitrogens with one attached hydrogen (secondary N) is 1. The van der Waals surface area contributed by atoms with Crippen molar-refractivity contribution in [3.63, 3.8) is 0 Å². The normalized spacial score (nSPS) is 17.6. The summed E-state index contributed by atoms with van der Waals surface area (Å²) in [5.74, 6) is -1.75. The number of hydrogen-bond acceptors (Lipinski definition) is 4. The molecule has 1 atom stereocenters. The molecule has 0 fully saturated rings. The quantitative estimate of drug-likeness (QED) is 0.644. The number of hydrogen-bond donors (Lipinski definition) is 2.